The van der Waals surface area contributed by atoms with Gasteiger partial charge in [-0.15, -0.1) is 0 Å². The molecule has 0 radical (unpaired) electrons. The van der Waals surface area contributed by atoms with Gasteiger partial charge in [-0.2, -0.15) is 9.78 Å². The Morgan fingerprint density at radius 1 is 1.16 bits per heavy atom. The fourth-order valence-corrected chi connectivity index (χ4v) is 4.41. The summed E-state index contributed by atoms with van der Waals surface area (Å²) < 4.78 is 34.9. The van der Waals surface area contributed by atoms with Crippen molar-refractivity contribution in [3.8, 4) is 5.82 Å². The number of nitrogens with one attached hydrogen (secondary N) is 1. The molecule has 0 aliphatic carbocycles. The van der Waals surface area contributed by atoms with Crippen molar-refractivity contribution in [3.05, 3.63) is 76.9 Å². The highest BCUT2D eigenvalue weighted by molar-refractivity contribution is 7.92. The molecule has 0 saturated carbocycles. The Bertz CT molecular complexity index is 1420. The number of nitrogens with zero attached hydrogens (tertiary/aromatic N) is 3. The minimum Gasteiger partial charge on any atom is -0.462 e. The van der Waals surface area contributed by atoms with Gasteiger partial charge >= 0.3 is 5.97 Å². The summed E-state index contributed by atoms with van der Waals surface area (Å²) in [5.41, 5.74) is 1.60. The summed E-state index contributed by atoms with van der Waals surface area (Å²) in [4.78, 5) is 17.1. The maximum Gasteiger partial charge on any atom is 0.343 e. The predicted octanol–water partition coefficient (Wildman–Crippen LogP) is 4.36. The number of ether oxygens (including phenoxy) is 1. The van der Waals surface area contributed by atoms with Crippen LogP contribution in [-0.4, -0.2) is 35.8 Å². The van der Waals surface area contributed by atoms with Crippen molar-refractivity contribution in [3.63, 3.8) is 0 Å². The molecule has 0 fully saturated rings. The van der Waals surface area contributed by atoms with Crippen molar-refractivity contribution in [1.29, 1.82) is 0 Å². The highest BCUT2D eigenvalue weighted by Crippen LogP contribution is 2.27. The second kappa shape index (κ2) is 8.60. The first-order valence-electron chi connectivity index (χ1n) is 9.70. The number of halogens is 1. The summed E-state index contributed by atoms with van der Waals surface area (Å²) in [5, 5.41) is 5.59. The fourth-order valence-electron chi connectivity index (χ4n) is 3.22. The average Bonchev–Trinajstić information content (AvgIpc) is 3.17. The average molecular weight is 471 g/mol. The molecule has 4 rings (SSSR count). The number of rotatable bonds is 6. The molecule has 1 N–H and O–H groups in total. The third-order valence-electron chi connectivity index (χ3n) is 4.75. The van der Waals surface area contributed by atoms with Gasteiger partial charge < -0.3 is 4.74 Å². The van der Waals surface area contributed by atoms with Crippen molar-refractivity contribution < 1.29 is 17.9 Å². The Morgan fingerprint density at radius 2 is 1.88 bits per heavy atom. The van der Waals surface area contributed by atoms with Crippen molar-refractivity contribution >= 4 is 44.3 Å². The molecule has 164 valence electrons. The first-order chi connectivity index (χ1) is 15.3. The highest BCUT2D eigenvalue weighted by atomic mass is 35.5. The SMILES string of the molecule is CCOC(=O)c1cnn(-c2cc(C)c3ccccc3n2)c1NS(=O)(=O)c1ccc(Cl)cc1. The number of carbonyl (C=O) groups is 1. The van der Waals surface area contributed by atoms with Crippen LogP contribution in [0.3, 0.4) is 0 Å². The number of aryl methyl sites for hydroxylation is 1. The van der Waals surface area contributed by atoms with Crippen LogP contribution in [0.25, 0.3) is 16.7 Å². The third kappa shape index (κ3) is 4.17. The van der Waals surface area contributed by atoms with Gasteiger partial charge in [0.2, 0.25) is 0 Å². The smallest absolute Gasteiger partial charge is 0.343 e. The molecular weight excluding hydrogens is 452 g/mol. The Labute approximate surface area is 189 Å². The van der Waals surface area contributed by atoms with E-state index in [-0.39, 0.29) is 22.9 Å². The first-order valence-corrected chi connectivity index (χ1v) is 11.6. The van der Waals surface area contributed by atoms with E-state index < -0.39 is 16.0 Å². The number of hydrogen-bond donors (Lipinski definition) is 1. The zero-order valence-electron chi connectivity index (χ0n) is 17.2. The van der Waals surface area contributed by atoms with E-state index in [0.717, 1.165) is 10.9 Å². The van der Waals surface area contributed by atoms with E-state index in [0.29, 0.717) is 16.4 Å². The minimum atomic E-state index is -4.06. The molecule has 32 heavy (non-hydrogen) atoms. The van der Waals surface area contributed by atoms with E-state index in [9.17, 15) is 13.2 Å². The number of carbonyl (C=O) groups excluding carboxylic acids is 1. The molecule has 10 heteroatoms. The van der Waals surface area contributed by atoms with Crippen LogP contribution in [0.4, 0.5) is 5.82 Å². The molecule has 0 spiro atoms. The normalized spacial score (nSPS) is 11.5. The number of sulfonamides is 1. The van der Waals surface area contributed by atoms with Crippen LogP contribution >= 0.6 is 11.6 Å². The van der Waals surface area contributed by atoms with Crippen LogP contribution in [-0.2, 0) is 14.8 Å². The quantitative estimate of drug-likeness (QED) is 0.420. The number of hydrogen-bond acceptors (Lipinski definition) is 6. The fraction of sp³-hybridized carbons (Fsp3) is 0.136. The number of benzene rings is 2. The Hall–Kier alpha value is -3.43. The van der Waals surface area contributed by atoms with Crippen LogP contribution in [0.1, 0.15) is 22.8 Å². The second-order valence-electron chi connectivity index (χ2n) is 6.91. The molecule has 2 aromatic carbocycles. The maximum atomic E-state index is 13.0. The van der Waals surface area contributed by atoms with E-state index in [2.05, 4.69) is 14.8 Å². The standard InChI is InChI=1S/C22H19ClN4O4S/c1-3-31-22(28)18-13-24-27(20-12-14(2)17-6-4-5-7-19(17)25-20)21(18)26-32(29,30)16-10-8-15(23)9-11-16/h4-13,26H,3H2,1-2H3. The molecule has 0 saturated heterocycles. The summed E-state index contributed by atoms with van der Waals surface area (Å²) in [6, 6.07) is 15.0. The van der Waals surface area contributed by atoms with E-state index in [1.165, 1.54) is 35.1 Å². The Morgan fingerprint density at radius 3 is 2.59 bits per heavy atom. The predicted molar refractivity (Wildman–Crippen MR) is 122 cm³/mol. The first kappa shape index (κ1) is 21.8. The monoisotopic (exact) mass is 470 g/mol. The van der Waals surface area contributed by atoms with Crippen molar-refractivity contribution in [1.82, 2.24) is 14.8 Å². The molecule has 0 atom stereocenters. The van der Waals surface area contributed by atoms with Gasteiger partial charge in [0.25, 0.3) is 10.0 Å². The Kier molecular flexibility index (Phi) is 5.86. The van der Waals surface area contributed by atoms with E-state index in [1.807, 2.05) is 31.2 Å². The number of anilines is 1. The number of para-hydroxylation sites is 1. The highest BCUT2D eigenvalue weighted by Gasteiger charge is 2.25. The van der Waals surface area contributed by atoms with Gasteiger partial charge in [0.05, 0.1) is 23.2 Å². The van der Waals surface area contributed by atoms with E-state index in [1.54, 1.807) is 13.0 Å². The molecule has 0 bridgehead atoms. The number of esters is 1. The lowest BCUT2D eigenvalue weighted by Gasteiger charge is -2.13. The van der Waals surface area contributed by atoms with Crippen LogP contribution < -0.4 is 4.72 Å². The van der Waals surface area contributed by atoms with Gasteiger partial charge in [-0.05, 0) is 55.8 Å². The van der Waals surface area contributed by atoms with Crippen LogP contribution in [0.5, 0.6) is 0 Å². The maximum absolute atomic E-state index is 13.0. The van der Waals surface area contributed by atoms with Crippen molar-refractivity contribution in [2.75, 3.05) is 11.3 Å². The molecule has 4 aromatic rings. The summed E-state index contributed by atoms with van der Waals surface area (Å²) in [6.45, 7) is 3.70. The lowest BCUT2D eigenvalue weighted by atomic mass is 10.1. The summed E-state index contributed by atoms with van der Waals surface area (Å²) in [7, 11) is -4.06. The topological polar surface area (TPSA) is 103 Å². The lowest BCUT2D eigenvalue weighted by Crippen LogP contribution is -2.19. The largest absolute Gasteiger partial charge is 0.462 e. The van der Waals surface area contributed by atoms with Gasteiger partial charge in [-0.1, -0.05) is 29.8 Å². The molecule has 0 aliphatic rings. The number of fused-ring (bicyclic) bond motifs is 1. The van der Waals surface area contributed by atoms with Gasteiger partial charge in [0.15, 0.2) is 11.6 Å². The second-order valence-corrected chi connectivity index (χ2v) is 9.03. The van der Waals surface area contributed by atoms with Gasteiger partial charge in [0.1, 0.15) is 5.56 Å². The Balaban J connectivity index is 1.86. The molecule has 8 nitrogen and oxygen atoms in total. The zero-order chi connectivity index (χ0) is 22.9. The summed E-state index contributed by atoms with van der Waals surface area (Å²) in [6.07, 6.45) is 1.25. The lowest BCUT2D eigenvalue weighted by molar-refractivity contribution is 0.0527. The van der Waals surface area contributed by atoms with Crippen LogP contribution in [0.15, 0.2) is 65.7 Å². The molecular formula is C22H19ClN4O4S. The minimum absolute atomic E-state index is 0.0212. The zero-order valence-corrected chi connectivity index (χ0v) is 18.8. The van der Waals surface area contributed by atoms with E-state index >= 15 is 0 Å². The van der Waals surface area contributed by atoms with Crippen molar-refractivity contribution in [2.24, 2.45) is 0 Å². The van der Waals surface area contributed by atoms with E-state index in [4.69, 9.17) is 16.3 Å². The molecule has 0 unspecified atom stereocenters. The van der Waals surface area contributed by atoms with Gasteiger partial charge in [0, 0.05) is 10.4 Å². The summed E-state index contributed by atoms with van der Waals surface area (Å²) >= 11 is 5.88. The summed E-state index contributed by atoms with van der Waals surface area (Å²) in [5.74, 6) is -0.420. The number of aromatic nitrogens is 3. The van der Waals surface area contributed by atoms with Crippen LogP contribution in [0.2, 0.25) is 5.02 Å². The third-order valence-corrected chi connectivity index (χ3v) is 6.35. The van der Waals surface area contributed by atoms with Gasteiger partial charge in [-0.3, -0.25) is 4.72 Å². The molecule has 0 aliphatic heterocycles. The number of pyridine rings is 1. The molecule has 2 aromatic heterocycles. The molecule has 2 heterocycles. The van der Waals surface area contributed by atoms with Crippen LogP contribution in [0, 0.1) is 6.92 Å². The van der Waals surface area contributed by atoms with Gasteiger partial charge in [-0.25, -0.2) is 18.2 Å². The van der Waals surface area contributed by atoms with Crippen molar-refractivity contribution in [2.45, 2.75) is 18.7 Å². The molecule has 0 amide bonds.